The Balaban J connectivity index is 2.83. The van der Waals surface area contributed by atoms with Gasteiger partial charge in [-0.05, 0) is 34.1 Å². The smallest absolute Gasteiger partial charge is 0.323 e. The number of hydrogen-bond donors (Lipinski definition) is 2. The van der Waals surface area contributed by atoms with E-state index in [2.05, 4.69) is 27.8 Å². The Labute approximate surface area is 117 Å². The summed E-state index contributed by atoms with van der Waals surface area (Å²) in [4.78, 5) is 23.5. The number of carbonyl (C=O) groups is 2. The van der Waals surface area contributed by atoms with E-state index in [1.54, 1.807) is 0 Å². The van der Waals surface area contributed by atoms with Gasteiger partial charge in [-0.3, -0.25) is 4.79 Å². The number of rotatable bonds is 5. The van der Waals surface area contributed by atoms with Crippen molar-refractivity contribution in [2.75, 3.05) is 18.4 Å². The predicted molar refractivity (Wildman–Crippen MR) is 72.5 cm³/mol. The summed E-state index contributed by atoms with van der Waals surface area (Å²) in [7, 11) is 0. The van der Waals surface area contributed by atoms with Crippen LogP contribution in [0, 0.1) is 5.82 Å². The first-order valence-corrected chi connectivity index (χ1v) is 6.07. The van der Waals surface area contributed by atoms with E-state index in [0.29, 0.717) is 4.47 Å². The first-order valence-electron chi connectivity index (χ1n) is 5.27. The largest absolute Gasteiger partial charge is 0.480 e. The Kier molecular flexibility index (Phi) is 5.50. The van der Waals surface area contributed by atoms with Crippen LogP contribution in [0.2, 0.25) is 0 Å². The zero-order valence-electron chi connectivity index (χ0n) is 9.90. The van der Waals surface area contributed by atoms with E-state index in [1.807, 2.05) is 0 Å². The summed E-state index contributed by atoms with van der Waals surface area (Å²) in [6.45, 7) is 3.05. The Morgan fingerprint density at radius 1 is 1.53 bits per heavy atom. The van der Waals surface area contributed by atoms with E-state index in [1.165, 1.54) is 18.2 Å². The number of carboxylic acid groups (broad SMARTS) is 1. The van der Waals surface area contributed by atoms with Crippen LogP contribution < -0.4 is 5.32 Å². The van der Waals surface area contributed by atoms with Crippen LogP contribution in [0.1, 0.15) is 0 Å². The monoisotopic (exact) mass is 330 g/mol. The molecule has 0 aliphatic heterocycles. The summed E-state index contributed by atoms with van der Waals surface area (Å²) >= 11 is 3.16. The second-order valence-electron chi connectivity index (χ2n) is 3.62. The molecule has 0 fully saturated rings. The maximum atomic E-state index is 13.1. The average molecular weight is 331 g/mol. The zero-order chi connectivity index (χ0) is 14.4. The van der Waals surface area contributed by atoms with Gasteiger partial charge in [0.1, 0.15) is 12.4 Å². The van der Waals surface area contributed by atoms with Gasteiger partial charge in [-0.2, -0.15) is 0 Å². The highest BCUT2D eigenvalue weighted by Crippen LogP contribution is 2.23. The molecule has 0 aliphatic carbocycles. The van der Waals surface area contributed by atoms with Gasteiger partial charge in [0.2, 0.25) is 0 Å². The van der Waals surface area contributed by atoms with E-state index in [4.69, 9.17) is 5.11 Å². The molecule has 0 bridgehead atoms. The van der Waals surface area contributed by atoms with Crippen LogP contribution >= 0.6 is 15.9 Å². The summed E-state index contributed by atoms with van der Waals surface area (Å²) < 4.78 is 13.6. The van der Waals surface area contributed by atoms with Crippen molar-refractivity contribution in [1.29, 1.82) is 0 Å². The predicted octanol–water partition coefficient (Wildman–Crippen LogP) is 2.69. The van der Waals surface area contributed by atoms with Gasteiger partial charge in [0, 0.05) is 11.0 Å². The maximum absolute atomic E-state index is 13.1. The number of benzene rings is 1. The molecule has 1 rings (SSSR count). The minimum Gasteiger partial charge on any atom is -0.480 e. The fourth-order valence-corrected chi connectivity index (χ4v) is 1.67. The average Bonchev–Trinajstić information content (AvgIpc) is 2.32. The molecule has 7 heteroatoms. The highest BCUT2D eigenvalue weighted by atomic mass is 79.9. The molecule has 1 aromatic carbocycles. The fraction of sp³-hybridized carbons (Fsp3) is 0.167. The summed E-state index contributed by atoms with van der Waals surface area (Å²) in [5.74, 6) is -1.65. The van der Waals surface area contributed by atoms with Gasteiger partial charge in [0.25, 0.3) is 0 Å². The number of carboxylic acids is 1. The molecule has 0 aliphatic rings. The molecule has 0 radical (unpaired) electrons. The number of hydrogen-bond acceptors (Lipinski definition) is 2. The second-order valence-corrected chi connectivity index (χ2v) is 4.47. The summed E-state index contributed by atoms with van der Waals surface area (Å²) in [5.41, 5.74) is 0.226. The van der Waals surface area contributed by atoms with Crippen LogP contribution in [0.25, 0.3) is 0 Å². The van der Waals surface area contributed by atoms with Crippen LogP contribution in [0.15, 0.2) is 35.3 Å². The van der Waals surface area contributed by atoms with Gasteiger partial charge < -0.3 is 15.3 Å². The number of anilines is 1. The van der Waals surface area contributed by atoms with Gasteiger partial charge in [0.05, 0.1) is 5.69 Å². The number of urea groups is 1. The first-order chi connectivity index (χ1) is 8.93. The Bertz CT molecular complexity index is 508. The number of nitrogens with one attached hydrogen (secondary N) is 1. The second kappa shape index (κ2) is 6.89. The van der Waals surface area contributed by atoms with E-state index in [0.717, 1.165) is 11.0 Å². The molecule has 19 heavy (non-hydrogen) atoms. The number of aliphatic carboxylic acids is 1. The zero-order valence-corrected chi connectivity index (χ0v) is 11.5. The Morgan fingerprint density at radius 2 is 2.21 bits per heavy atom. The lowest BCUT2D eigenvalue weighted by Gasteiger charge is -2.19. The molecule has 5 nitrogen and oxygen atoms in total. The Morgan fingerprint density at radius 3 is 2.79 bits per heavy atom. The molecule has 102 valence electrons. The van der Waals surface area contributed by atoms with Crippen LogP contribution in [0.4, 0.5) is 14.9 Å². The molecule has 0 saturated carbocycles. The topological polar surface area (TPSA) is 69.6 Å². The van der Waals surface area contributed by atoms with Gasteiger partial charge in [-0.15, -0.1) is 6.58 Å². The third kappa shape index (κ3) is 4.70. The van der Waals surface area contributed by atoms with E-state index in [9.17, 15) is 14.0 Å². The molecule has 0 heterocycles. The van der Waals surface area contributed by atoms with Crippen molar-refractivity contribution in [3.63, 3.8) is 0 Å². The molecule has 0 aromatic heterocycles. The van der Waals surface area contributed by atoms with Crippen molar-refractivity contribution < 1.29 is 19.1 Å². The van der Waals surface area contributed by atoms with Crippen LogP contribution in [-0.4, -0.2) is 35.1 Å². The highest BCUT2D eigenvalue weighted by Gasteiger charge is 2.16. The highest BCUT2D eigenvalue weighted by molar-refractivity contribution is 9.10. The molecule has 0 unspecified atom stereocenters. The molecule has 2 N–H and O–H groups in total. The first kappa shape index (κ1) is 15.2. The number of amides is 2. The number of halogens is 2. The molecule has 2 amide bonds. The lowest BCUT2D eigenvalue weighted by molar-refractivity contribution is -0.137. The molecule has 1 aromatic rings. The molecular weight excluding hydrogens is 319 g/mol. The third-order valence-corrected chi connectivity index (χ3v) is 2.82. The van der Waals surface area contributed by atoms with Crippen molar-refractivity contribution in [1.82, 2.24) is 4.90 Å². The van der Waals surface area contributed by atoms with E-state index in [-0.39, 0.29) is 12.2 Å². The van der Waals surface area contributed by atoms with E-state index >= 15 is 0 Å². The van der Waals surface area contributed by atoms with Crippen LogP contribution in [0.5, 0.6) is 0 Å². The summed E-state index contributed by atoms with van der Waals surface area (Å²) in [5, 5.41) is 11.1. The van der Waals surface area contributed by atoms with Gasteiger partial charge >= 0.3 is 12.0 Å². The van der Waals surface area contributed by atoms with Gasteiger partial charge in [0.15, 0.2) is 0 Å². The van der Waals surface area contributed by atoms with Gasteiger partial charge in [-0.25, -0.2) is 9.18 Å². The number of carbonyl (C=O) groups excluding carboxylic acids is 1. The molecule has 0 saturated heterocycles. The van der Waals surface area contributed by atoms with Crippen molar-refractivity contribution in [3.05, 3.63) is 41.1 Å². The standard InChI is InChI=1S/C12H12BrFN2O3/c1-2-5-16(7-11(17)18)12(19)15-10-6-8(14)3-4-9(10)13/h2-4,6H,1,5,7H2,(H,15,19)(H,17,18). The quantitative estimate of drug-likeness (QED) is 0.815. The lowest BCUT2D eigenvalue weighted by Crippen LogP contribution is -2.38. The molecule has 0 spiro atoms. The molecular formula is C12H12BrFN2O3. The normalized spacial score (nSPS) is 9.79. The maximum Gasteiger partial charge on any atom is 0.323 e. The van der Waals surface area contributed by atoms with Crippen molar-refractivity contribution in [3.8, 4) is 0 Å². The minimum atomic E-state index is -1.14. The van der Waals surface area contributed by atoms with Crippen LogP contribution in [-0.2, 0) is 4.79 Å². The van der Waals surface area contributed by atoms with Crippen molar-refractivity contribution in [2.24, 2.45) is 0 Å². The third-order valence-electron chi connectivity index (χ3n) is 2.13. The minimum absolute atomic E-state index is 0.0745. The lowest BCUT2D eigenvalue weighted by atomic mass is 10.3. The molecule has 0 atom stereocenters. The van der Waals surface area contributed by atoms with Crippen molar-refractivity contribution >= 4 is 33.6 Å². The van der Waals surface area contributed by atoms with Crippen LogP contribution in [0.3, 0.4) is 0 Å². The number of nitrogens with zero attached hydrogens (tertiary/aromatic N) is 1. The van der Waals surface area contributed by atoms with E-state index < -0.39 is 24.4 Å². The summed E-state index contributed by atoms with van der Waals surface area (Å²) in [6.07, 6.45) is 1.41. The Hall–Kier alpha value is -1.89. The fourth-order valence-electron chi connectivity index (χ4n) is 1.33. The summed E-state index contributed by atoms with van der Waals surface area (Å²) in [6, 6.07) is 3.17. The SMILES string of the molecule is C=CCN(CC(=O)O)C(=O)Nc1cc(F)ccc1Br. The van der Waals surface area contributed by atoms with Crippen molar-refractivity contribution in [2.45, 2.75) is 0 Å². The van der Waals surface area contributed by atoms with Gasteiger partial charge in [-0.1, -0.05) is 6.08 Å².